The lowest BCUT2D eigenvalue weighted by Gasteiger charge is -2.24. The maximum atomic E-state index is 12.8. The van der Waals surface area contributed by atoms with E-state index >= 15 is 0 Å². The molecule has 1 fully saturated rings. The van der Waals surface area contributed by atoms with E-state index in [1.54, 1.807) is 4.90 Å². The van der Waals surface area contributed by atoms with Gasteiger partial charge in [-0.25, -0.2) is 4.98 Å². The van der Waals surface area contributed by atoms with Crippen LogP contribution in [-0.4, -0.2) is 46.4 Å². The van der Waals surface area contributed by atoms with E-state index in [2.05, 4.69) is 10.3 Å². The lowest BCUT2D eigenvalue weighted by Crippen LogP contribution is -2.48. The van der Waals surface area contributed by atoms with Gasteiger partial charge in [0, 0.05) is 29.6 Å². The number of carbonyl (C=O) groups excluding carboxylic acids is 2. The fourth-order valence-corrected chi connectivity index (χ4v) is 3.96. The van der Waals surface area contributed by atoms with Gasteiger partial charge >= 0.3 is 0 Å². The zero-order chi connectivity index (χ0) is 18.7. The molecule has 2 atom stereocenters. The highest BCUT2D eigenvalue weighted by Gasteiger charge is 2.38. The molecule has 1 aromatic heterocycles. The van der Waals surface area contributed by atoms with E-state index < -0.39 is 6.04 Å². The summed E-state index contributed by atoms with van der Waals surface area (Å²) < 4.78 is 0. The zero-order valence-corrected chi connectivity index (χ0v) is 15.8. The van der Waals surface area contributed by atoms with Gasteiger partial charge in [0.1, 0.15) is 11.0 Å². The van der Waals surface area contributed by atoms with Crippen molar-refractivity contribution in [1.82, 2.24) is 15.2 Å². The third-order valence-electron chi connectivity index (χ3n) is 4.29. The molecular formula is C19H24N4O2S. The van der Waals surface area contributed by atoms with Gasteiger partial charge in [-0.05, 0) is 20.3 Å². The summed E-state index contributed by atoms with van der Waals surface area (Å²) in [7, 11) is 0. The molecule has 0 aliphatic carbocycles. The van der Waals surface area contributed by atoms with Crippen molar-refractivity contribution in [2.75, 3.05) is 6.54 Å². The Morgan fingerprint density at radius 3 is 2.77 bits per heavy atom. The molecule has 2 aromatic rings. The number of likely N-dealkylation sites (tertiary alicyclic amines) is 1. The molecule has 7 heteroatoms. The van der Waals surface area contributed by atoms with Crippen molar-refractivity contribution in [2.45, 2.75) is 44.8 Å². The first-order chi connectivity index (χ1) is 12.4. The molecule has 26 heavy (non-hydrogen) atoms. The predicted octanol–water partition coefficient (Wildman–Crippen LogP) is 1.81. The number of thiazole rings is 1. The van der Waals surface area contributed by atoms with Crippen molar-refractivity contribution in [2.24, 2.45) is 5.73 Å². The Morgan fingerprint density at radius 1 is 1.35 bits per heavy atom. The number of rotatable bonds is 5. The van der Waals surface area contributed by atoms with E-state index in [-0.39, 0.29) is 30.3 Å². The van der Waals surface area contributed by atoms with Crippen molar-refractivity contribution in [3.05, 3.63) is 41.4 Å². The van der Waals surface area contributed by atoms with Crippen molar-refractivity contribution >= 4 is 23.2 Å². The molecule has 0 saturated carbocycles. The smallest absolute Gasteiger partial charge is 0.243 e. The Bertz CT molecular complexity index is 775. The number of hydrogen-bond acceptors (Lipinski definition) is 5. The molecule has 138 valence electrons. The van der Waals surface area contributed by atoms with Crippen LogP contribution in [0.2, 0.25) is 0 Å². The Labute approximate surface area is 157 Å². The Kier molecular flexibility index (Phi) is 5.68. The van der Waals surface area contributed by atoms with Crippen LogP contribution in [0, 0.1) is 0 Å². The number of amides is 2. The van der Waals surface area contributed by atoms with Crippen LogP contribution in [0.3, 0.4) is 0 Å². The van der Waals surface area contributed by atoms with Crippen LogP contribution in [0.15, 0.2) is 35.7 Å². The lowest BCUT2D eigenvalue weighted by molar-refractivity contribution is -0.138. The van der Waals surface area contributed by atoms with Gasteiger partial charge in [-0.1, -0.05) is 30.3 Å². The molecule has 6 nitrogen and oxygen atoms in total. The van der Waals surface area contributed by atoms with Gasteiger partial charge in [0.15, 0.2) is 0 Å². The Hall–Kier alpha value is -2.25. The minimum atomic E-state index is -0.493. The first-order valence-electron chi connectivity index (χ1n) is 8.79. The van der Waals surface area contributed by atoms with Crippen molar-refractivity contribution in [3.63, 3.8) is 0 Å². The molecule has 1 saturated heterocycles. The molecule has 1 aliphatic heterocycles. The summed E-state index contributed by atoms with van der Waals surface area (Å²) in [5.74, 6) is -0.240. The van der Waals surface area contributed by atoms with Crippen molar-refractivity contribution in [3.8, 4) is 10.6 Å². The second kappa shape index (κ2) is 7.97. The zero-order valence-electron chi connectivity index (χ0n) is 15.0. The van der Waals surface area contributed by atoms with Gasteiger partial charge in [-0.2, -0.15) is 0 Å². The summed E-state index contributed by atoms with van der Waals surface area (Å²) in [6.07, 6.45) is 0.679. The molecule has 0 spiro atoms. The van der Waals surface area contributed by atoms with Crippen LogP contribution < -0.4 is 11.1 Å². The highest BCUT2D eigenvalue weighted by Crippen LogP contribution is 2.24. The number of hydrogen-bond donors (Lipinski definition) is 2. The third kappa shape index (κ3) is 4.28. The van der Waals surface area contributed by atoms with Crippen molar-refractivity contribution in [1.29, 1.82) is 0 Å². The molecule has 0 bridgehead atoms. The third-order valence-corrected chi connectivity index (χ3v) is 5.23. The largest absolute Gasteiger partial charge is 0.352 e. The summed E-state index contributed by atoms with van der Waals surface area (Å²) >= 11 is 1.52. The molecule has 0 unspecified atom stereocenters. The highest BCUT2D eigenvalue weighted by atomic mass is 32.1. The van der Waals surface area contributed by atoms with Gasteiger partial charge in [0.25, 0.3) is 0 Å². The molecular weight excluding hydrogens is 348 g/mol. The van der Waals surface area contributed by atoms with Gasteiger partial charge < -0.3 is 16.0 Å². The lowest BCUT2D eigenvalue weighted by atomic mass is 10.1. The maximum Gasteiger partial charge on any atom is 0.243 e. The number of carbonyl (C=O) groups is 2. The number of benzene rings is 1. The van der Waals surface area contributed by atoms with E-state index in [9.17, 15) is 9.59 Å². The fraction of sp³-hybridized carbons (Fsp3) is 0.421. The number of aromatic nitrogens is 1. The van der Waals surface area contributed by atoms with Gasteiger partial charge in [-0.15, -0.1) is 11.3 Å². The average molecular weight is 372 g/mol. The van der Waals surface area contributed by atoms with Crippen molar-refractivity contribution < 1.29 is 9.59 Å². The number of nitrogens with one attached hydrogen (secondary N) is 1. The second-order valence-electron chi connectivity index (χ2n) is 6.91. The predicted molar refractivity (Wildman–Crippen MR) is 103 cm³/mol. The van der Waals surface area contributed by atoms with E-state index in [1.807, 2.05) is 49.6 Å². The summed E-state index contributed by atoms with van der Waals surface area (Å²) in [5.41, 5.74) is 7.77. The summed E-state index contributed by atoms with van der Waals surface area (Å²) in [6, 6.07) is 9.25. The first-order valence-corrected chi connectivity index (χ1v) is 9.67. The highest BCUT2D eigenvalue weighted by molar-refractivity contribution is 7.13. The van der Waals surface area contributed by atoms with E-state index in [0.29, 0.717) is 13.0 Å². The van der Waals surface area contributed by atoms with Crippen LogP contribution in [-0.2, 0) is 16.0 Å². The molecule has 3 rings (SSSR count). The molecule has 0 radical (unpaired) electrons. The Balaban J connectivity index is 1.69. The SMILES string of the molecule is CC(C)NC(=O)[C@@H]1C[C@H](N)CN1C(=O)Cc1csc(-c2ccccc2)n1. The topological polar surface area (TPSA) is 88.3 Å². The second-order valence-corrected chi connectivity index (χ2v) is 7.77. The van der Waals surface area contributed by atoms with Crippen LogP contribution in [0.25, 0.3) is 10.6 Å². The monoisotopic (exact) mass is 372 g/mol. The fourth-order valence-electron chi connectivity index (χ4n) is 3.13. The maximum absolute atomic E-state index is 12.8. The molecule has 3 N–H and O–H groups in total. The summed E-state index contributed by atoms with van der Waals surface area (Å²) in [5, 5.41) is 5.67. The van der Waals surface area contributed by atoms with E-state index in [1.165, 1.54) is 11.3 Å². The van der Waals surface area contributed by atoms with Crippen LogP contribution in [0.1, 0.15) is 26.0 Å². The van der Waals surface area contributed by atoms with Gasteiger partial charge in [0.05, 0.1) is 12.1 Å². The summed E-state index contributed by atoms with van der Waals surface area (Å²) in [6.45, 7) is 4.21. The summed E-state index contributed by atoms with van der Waals surface area (Å²) in [4.78, 5) is 31.3. The minimum Gasteiger partial charge on any atom is -0.352 e. The normalized spacial score (nSPS) is 19.8. The van der Waals surface area contributed by atoms with Gasteiger partial charge in [-0.3, -0.25) is 9.59 Å². The van der Waals surface area contributed by atoms with Crippen LogP contribution in [0.5, 0.6) is 0 Å². The quantitative estimate of drug-likeness (QED) is 0.838. The molecule has 2 heterocycles. The average Bonchev–Trinajstić information content (AvgIpc) is 3.22. The molecule has 1 aliphatic rings. The number of nitrogens with zero attached hydrogens (tertiary/aromatic N) is 2. The minimum absolute atomic E-state index is 0.0308. The number of nitrogens with two attached hydrogens (primary N) is 1. The molecule has 1 aromatic carbocycles. The Morgan fingerprint density at radius 2 is 2.08 bits per heavy atom. The molecule has 2 amide bonds. The van der Waals surface area contributed by atoms with E-state index in [0.717, 1.165) is 16.3 Å². The van der Waals surface area contributed by atoms with E-state index in [4.69, 9.17) is 5.73 Å². The standard InChI is InChI=1S/C19H24N4O2S/c1-12(2)21-18(25)16-8-14(20)10-23(16)17(24)9-15-11-26-19(22-15)13-6-4-3-5-7-13/h3-7,11-12,14,16H,8-10,20H2,1-2H3,(H,21,25)/t14-,16-/m0/s1. The van der Waals surface area contributed by atoms with Gasteiger partial charge in [0.2, 0.25) is 11.8 Å². The van der Waals surface area contributed by atoms with Crippen LogP contribution in [0.4, 0.5) is 0 Å². The first kappa shape index (κ1) is 18.5. The van der Waals surface area contributed by atoms with Crippen LogP contribution >= 0.6 is 11.3 Å².